The van der Waals surface area contributed by atoms with Crippen molar-refractivity contribution in [1.29, 1.82) is 0 Å². The summed E-state index contributed by atoms with van der Waals surface area (Å²) in [6.45, 7) is 0. The van der Waals surface area contributed by atoms with Crippen LogP contribution in [-0.2, 0) is 0 Å². The molecule has 0 unspecified atom stereocenters. The van der Waals surface area contributed by atoms with Crippen LogP contribution in [-0.4, -0.2) is 4.99 Å². The van der Waals surface area contributed by atoms with Gasteiger partial charge in [-0.1, -0.05) is 12.2 Å². The first kappa shape index (κ1) is 13.9. The van der Waals surface area contributed by atoms with Crippen molar-refractivity contribution in [2.75, 3.05) is 0 Å². The molecule has 2 N–H and O–H groups in total. The molecule has 98 valence electrons. The van der Waals surface area contributed by atoms with Gasteiger partial charge in [0.25, 0.3) is 0 Å². The summed E-state index contributed by atoms with van der Waals surface area (Å²) in [5.74, 6) is -0.407. The molecular formula is C13H8BrF2NOS. The van der Waals surface area contributed by atoms with Gasteiger partial charge in [0.05, 0.1) is 10.0 Å². The highest BCUT2D eigenvalue weighted by atomic mass is 79.9. The molecule has 0 heterocycles. The highest BCUT2D eigenvalue weighted by Gasteiger charge is 2.11. The van der Waals surface area contributed by atoms with E-state index in [2.05, 4.69) is 15.9 Å². The lowest BCUT2D eigenvalue weighted by molar-refractivity contribution is 0.471. The van der Waals surface area contributed by atoms with Crippen LogP contribution in [0.5, 0.6) is 11.5 Å². The number of benzene rings is 2. The third-order valence-corrected chi connectivity index (χ3v) is 3.20. The Kier molecular flexibility index (Phi) is 4.11. The van der Waals surface area contributed by atoms with Gasteiger partial charge in [0.2, 0.25) is 0 Å². The topological polar surface area (TPSA) is 35.2 Å². The van der Waals surface area contributed by atoms with Crippen LogP contribution < -0.4 is 10.5 Å². The zero-order chi connectivity index (χ0) is 14.0. The van der Waals surface area contributed by atoms with E-state index in [9.17, 15) is 8.78 Å². The number of rotatable bonds is 3. The predicted octanol–water partition coefficient (Wildman–Crippen LogP) is 4.15. The van der Waals surface area contributed by atoms with Gasteiger partial charge in [-0.2, -0.15) is 0 Å². The lowest BCUT2D eigenvalue weighted by atomic mass is 10.2. The molecule has 0 bridgehead atoms. The van der Waals surface area contributed by atoms with Crippen molar-refractivity contribution in [3.63, 3.8) is 0 Å². The van der Waals surface area contributed by atoms with Gasteiger partial charge in [-0.15, -0.1) is 0 Å². The Morgan fingerprint density at radius 2 is 1.68 bits per heavy atom. The molecule has 0 saturated heterocycles. The average Bonchev–Trinajstić information content (AvgIpc) is 2.35. The smallest absolute Gasteiger partial charge is 0.144 e. The molecule has 0 spiro atoms. The molecule has 2 rings (SSSR count). The zero-order valence-corrected chi connectivity index (χ0v) is 11.9. The minimum atomic E-state index is -0.478. The minimum Gasteiger partial charge on any atom is -0.455 e. The Balaban J connectivity index is 2.43. The fraction of sp³-hybridized carbons (Fsp3) is 0. The van der Waals surface area contributed by atoms with Crippen molar-refractivity contribution in [1.82, 2.24) is 0 Å². The third kappa shape index (κ3) is 3.27. The second-order valence-corrected chi connectivity index (χ2v) is 4.98. The number of hydrogen-bond acceptors (Lipinski definition) is 2. The number of hydrogen-bond donors (Lipinski definition) is 1. The highest BCUT2D eigenvalue weighted by molar-refractivity contribution is 9.10. The van der Waals surface area contributed by atoms with Crippen LogP contribution in [0.1, 0.15) is 5.56 Å². The number of nitrogens with two attached hydrogens (primary N) is 1. The van der Waals surface area contributed by atoms with Crippen LogP contribution in [0.25, 0.3) is 0 Å². The number of ether oxygens (including phenoxy) is 1. The Hall–Kier alpha value is -1.53. The number of halogens is 3. The van der Waals surface area contributed by atoms with Gasteiger partial charge in [0, 0.05) is 6.07 Å². The summed E-state index contributed by atoms with van der Waals surface area (Å²) in [7, 11) is 0. The second kappa shape index (κ2) is 5.63. The van der Waals surface area contributed by atoms with Crippen LogP contribution in [0.15, 0.2) is 40.9 Å². The second-order valence-electron chi connectivity index (χ2n) is 3.68. The van der Waals surface area contributed by atoms with Crippen molar-refractivity contribution >= 4 is 33.1 Å². The molecule has 0 aliphatic rings. The molecule has 0 fully saturated rings. The molecule has 0 aliphatic heterocycles. The van der Waals surface area contributed by atoms with E-state index in [0.29, 0.717) is 4.47 Å². The lowest BCUT2D eigenvalue weighted by Gasteiger charge is -2.11. The van der Waals surface area contributed by atoms with E-state index in [1.54, 1.807) is 0 Å². The van der Waals surface area contributed by atoms with Crippen molar-refractivity contribution in [3.05, 3.63) is 58.1 Å². The van der Waals surface area contributed by atoms with Crippen molar-refractivity contribution in [3.8, 4) is 11.5 Å². The van der Waals surface area contributed by atoms with Gasteiger partial charge in [0.1, 0.15) is 28.1 Å². The van der Waals surface area contributed by atoms with Gasteiger partial charge in [-0.3, -0.25) is 0 Å². The first-order chi connectivity index (χ1) is 8.97. The van der Waals surface area contributed by atoms with Crippen molar-refractivity contribution in [2.24, 2.45) is 5.73 Å². The molecular weight excluding hydrogens is 336 g/mol. The van der Waals surface area contributed by atoms with Crippen LogP contribution in [0.2, 0.25) is 0 Å². The molecule has 0 aliphatic carbocycles. The first-order valence-electron chi connectivity index (χ1n) is 5.19. The van der Waals surface area contributed by atoms with Crippen LogP contribution >= 0.6 is 28.1 Å². The van der Waals surface area contributed by atoms with E-state index < -0.39 is 11.6 Å². The summed E-state index contributed by atoms with van der Waals surface area (Å²) in [5, 5.41) is 0. The zero-order valence-electron chi connectivity index (χ0n) is 9.49. The SMILES string of the molecule is NC(=S)c1cc(F)ccc1Oc1cc(F)ccc1Br. The minimum absolute atomic E-state index is 0.00188. The maximum atomic E-state index is 13.2. The quantitative estimate of drug-likeness (QED) is 0.850. The third-order valence-electron chi connectivity index (χ3n) is 2.32. The largest absolute Gasteiger partial charge is 0.455 e. The highest BCUT2D eigenvalue weighted by Crippen LogP contribution is 2.32. The normalized spacial score (nSPS) is 10.3. The molecule has 0 amide bonds. The lowest BCUT2D eigenvalue weighted by Crippen LogP contribution is -2.11. The van der Waals surface area contributed by atoms with Crippen molar-refractivity contribution in [2.45, 2.75) is 0 Å². The van der Waals surface area contributed by atoms with Gasteiger partial charge in [-0.25, -0.2) is 8.78 Å². The van der Waals surface area contributed by atoms with Gasteiger partial charge in [0.15, 0.2) is 0 Å². The molecule has 0 radical (unpaired) electrons. The molecule has 0 aromatic heterocycles. The maximum Gasteiger partial charge on any atom is 0.144 e. The molecule has 6 heteroatoms. The fourth-order valence-corrected chi connectivity index (χ4v) is 1.94. The van der Waals surface area contributed by atoms with Gasteiger partial charge < -0.3 is 10.5 Å². The predicted molar refractivity (Wildman–Crippen MR) is 76.5 cm³/mol. The van der Waals surface area contributed by atoms with E-state index in [0.717, 1.165) is 0 Å². The van der Waals surface area contributed by atoms with Crippen LogP contribution in [0.4, 0.5) is 8.78 Å². The van der Waals surface area contributed by atoms with E-state index in [1.165, 1.54) is 36.4 Å². The summed E-state index contributed by atoms with van der Waals surface area (Å²) in [4.78, 5) is 0.00188. The van der Waals surface area contributed by atoms with E-state index >= 15 is 0 Å². The van der Waals surface area contributed by atoms with Gasteiger partial charge in [-0.05, 0) is 46.3 Å². The number of thiocarbonyl (C=S) groups is 1. The Labute approximate surface area is 122 Å². The summed E-state index contributed by atoms with van der Waals surface area (Å²) < 4.78 is 32.4. The van der Waals surface area contributed by atoms with Crippen LogP contribution in [0, 0.1) is 11.6 Å². The molecule has 2 nitrogen and oxygen atoms in total. The van der Waals surface area contributed by atoms with Crippen molar-refractivity contribution < 1.29 is 13.5 Å². The monoisotopic (exact) mass is 343 g/mol. The van der Waals surface area contributed by atoms with E-state index in [-0.39, 0.29) is 22.1 Å². The maximum absolute atomic E-state index is 13.2. The fourth-order valence-electron chi connectivity index (χ4n) is 1.46. The Bertz CT molecular complexity index is 649. The standard InChI is InChI=1S/C13H8BrF2NOS/c14-10-3-1-8(16)6-12(10)18-11-4-2-7(15)5-9(11)13(17)19/h1-6H,(H2,17,19). The first-order valence-corrected chi connectivity index (χ1v) is 6.40. The molecule has 0 atom stereocenters. The Morgan fingerprint density at radius 3 is 2.37 bits per heavy atom. The van der Waals surface area contributed by atoms with Gasteiger partial charge >= 0.3 is 0 Å². The average molecular weight is 344 g/mol. The van der Waals surface area contributed by atoms with Crippen LogP contribution in [0.3, 0.4) is 0 Å². The molecule has 2 aromatic carbocycles. The summed E-state index contributed by atoms with van der Waals surface area (Å²) in [5.41, 5.74) is 5.76. The van der Waals surface area contributed by atoms with E-state index in [4.69, 9.17) is 22.7 Å². The molecule has 0 saturated carbocycles. The summed E-state index contributed by atoms with van der Waals surface area (Å²) >= 11 is 8.06. The van der Waals surface area contributed by atoms with E-state index in [1.807, 2.05) is 0 Å². The molecule has 19 heavy (non-hydrogen) atoms. The molecule has 2 aromatic rings. The summed E-state index contributed by atoms with van der Waals surface area (Å²) in [6.07, 6.45) is 0. The Morgan fingerprint density at radius 1 is 1.05 bits per heavy atom. The summed E-state index contributed by atoms with van der Waals surface area (Å²) in [6, 6.07) is 7.78.